The van der Waals surface area contributed by atoms with Gasteiger partial charge in [0.15, 0.2) is 0 Å². The van der Waals surface area contributed by atoms with Crippen molar-refractivity contribution in [2.24, 2.45) is 0 Å². The summed E-state index contributed by atoms with van der Waals surface area (Å²) in [6.45, 7) is 0.556. The summed E-state index contributed by atoms with van der Waals surface area (Å²) in [6, 6.07) is 11.8. The molecule has 1 N–H and O–H groups in total. The fourth-order valence-corrected chi connectivity index (χ4v) is 1.76. The van der Waals surface area contributed by atoms with Crippen molar-refractivity contribution in [1.29, 1.82) is 0 Å². The second-order valence-corrected chi connectivity index (χ2v) is 3.92. The molecule has 0 aliphatic heterocycles. The number of benzene rings is 1. The second-order valence-electron chi connectivity index (χ2n) is 3.92. The molecule has 3 aromatic rings. The third kappa shape index (κ3) is 1.96. The zero-order chi connectivity index (χ0) is 12.4. The van der Waals surface area contributed by atoms with Crippen LogP contribution in [-0.2, 0) is 6.54 Å². The number of nitrogens with one attached hydrogen (secondary N) is 1. The highest BCUT2D eigenvalue weighted by Crippen LogP contribution is 2.19. The summed E-state index contributed by atoms with van der Waals surface area (Å²) in [5.41, 5.74) is 1.62. The van der Waals surface area contributed by atoms with Gasteiger partial charge in [-0.2, -0.15) is 0 Å². The molecule has 0 atom stereocenters. The Morgan fingerprint density at radius 3 is 2.89 bits per heavy atom. The van der Waals surface area contributed by atoms with Crippen LogP contribution in [0, 0.1) is 0 Å². The predicted molar refractivity (Wildman–Crippen MR) is 67.8 cm³/mol. The molecule has 0 saturated heterocycles. The third-order valence-electron chi connectivity index (χ3n) is 2.61. The number of aromatic nitrogens is 3. The molecule has 0 bridgehead atoms. The lowest BCUT2D eigenvalue weighted by Crippen LogP contribution is -2.04. The summed E-state index contributed by atoms with van der Waals surface area (Å²) in [5, 5.41) is 12.0. The first kappa shape index (κ1) is 10.9. The first-order valence-corrected chi connectivity index (χ1v) is 5.70. The monoisotopic (exact) mass is 240 g/mol. The van der Waals surface area contributed by atoms with Gasteiger partial charge in [0.05, 0.1) is 12.1 Å². The van der Waals surface area contributed by atoms with E-state index in [9.17, 15) is 0 Å². The van der Waals surface area contributed by atoms with E-state index in [1.165, 1.54) is 0 Å². The van der Waals surface area contributed by atoms with Gasteiger partial charge < -0.3 is 9.73 Å². The smallest absolute Gasteiger partial charge is 0.266 e. The SMILES string of the molecule is CNCc1nnc(-c2ccc3ccccc3n2)o1. The molecule has 0 unspecified atom stereocenters. The van der Waals surface area contributed by atoms with Crippen LogP contribution in [0.25, 0.3) is 22.5 Å². The van der Waals surface area contributed by atoms with E-state index in [1.807, 2.05) is 43.4 Å². The van der Waals surface area contributed by atoms with Crippen molar-refractivity contribution >= 4 is 10.9 Å². The highest BCUT2D eigenvalue weighted by molar-refractivity contribution is 5.80. The zero-order valence-electron chi connectivity index (χ0n) is 9.92. The topological polar surface area (TPSA) is 63.8 Å². The highest BCUT2D eigenvalue weighted by atomic mass is 16.4. The Bertz CT molecular complexity index is 677. The van der Waals surface area contributed by atoms with Crippen molar-refractivity contribution in [2.75, 3.05) is 7.05 Å². The van der Waals surface area contributed by atoms with Gasteiger partial charge in [-0.15, -0.1) is 10.2 Å². The van der Waals surface area contributed by atoms with Crippen LogP contribution in [0.3, 0.4) is 0 Å². The van der Waals surface area contributed by atoms with E-state index in [2.05, 4.69) is 20.5 Å². The minimum absolute atomic E-state index is 0.450. The van der Waals surface area contributed by atoms with Crippen molar-refractivity contribution in [3.63, 3.8) is 0 Å². The predicted octanol–water partition coefficient (Wildman–Crippen LogP) is 2.00. The van der Waals surface area contributed by atoms with E-state index < -0.39 is 0 Å². The van der Waals surface area contributed by atoms with Crippen LogP contribution in [0.2, 0.25) is 0 Å². The summed E-state index contributed by atoms with van der Waals surface area (Å²) in [5.74, 6) is 1.01. The number of fused-ring (bicyclic) bond motifs is 1. The Hall–Kier alpha value is -2.27. The van der Waals surface area contributed by atoms with E-state index >= 15 is 0 Å². The highest BCUT2D eigenvalue weighted by Gasteiger charge is 2.09. The minimum atomic E-state index is 0.450. The maximum absolute atomic E-state index is 5.51. The average molecular weight is 240 g/mol. The number of nitrogens with zero attached hydrogens (tertiary/aromatic N) is 3. The van der Waals surface area contributed by atoms with Gasteiger partial charge in [-0.05, 0) is 19.2 Å². The summed E-state index contributed by atoms with van der Waals surface area (Å²) >= 11 is 0. The van der Waals surface area contributed by atoms with Gasteiger partial charge in [-0.25, -0.2) is 4.98 Å². The molecular formula is C13H12N4O. The molecule has 0 aliphatic carbocycles. The number of pyridine rings is 1. The maximum Gasteiger partial charge on any atom is 0.266 e. The van der Waals surface area contributed by atoms with Crippen molar-refractivity contribution in [3.05, 3.63) is 42.3 Å². The molecule has 0 saturated carbocycles. The standard InChI is InChI=1S/C13H12N4O/c1-14-8-12-16-17-13(18-12)11-7-6-9-4-2-3-5-10(9)15-11/h2-7,14H,8H2,1H3. The molecule has 0 fully saturated rings. The van der Waals surface area contributed by atoms with Gasteiger partial charge in [0.25, 0.3) is 5.89 Å². The van der Waals surface area contributed by atoms with Crippen LogP contribution in [0.1, 0.15) is 5.89 Å². The van der Waals surface area contributed by atoms with Crippen molar-refractivity contribution in [1.82, 2.24) is 20.5 Å². The minimum Gasteiger partial charge on any atom is -0.418 e. The van der Waals surface area contributed by atoms with E-state index in [1.54, 1.807) is 0 Å². The Balaban J connectivity index is 2.02. The van der Waals surface area contributed by atoms with E-state index in [0.29, 0.717) is 24.0 Å². The van der Waals surface area contributed by atoms with Crippen LogP contribution in [-0.4, -0.2) is 22.2 Å². The Morgan fingerprint density at radius 1 is 1.11 bits per heavy atom. The fraction of sp³-hybridized carbons (Fsp3) is 0.154. The molecule has 5 nitrogen and oxygen atoms in total. The normalized spacial score (nSPS) is 10.9. The molecule has 0 aliphatic rings. The molecule has 2 heterocycles. The number of hydrogen-bond donors (Lipinski definition) is 1. The lowest BCUT2D eigenvalue weighted by atomic mass is 10.2. The molecule has 18 heavy (non-hydrogen) atoms. The number of hydrogen-bond acceptors (Lipinski definition) is 5. The Morgan fingerprint density at radius 2 is 2.00 bits per heavy atom. The summed E-state index contributed by atoms with van der Waals surface area (Å²) < 4.78 is 5.51. The lowest BCUT2D eigenvalue weighted by Gasteiger charge is -1.98. The van der Waals surface area contributed by atoms with E-state index in [0.717, 1.165) is 10.9 Å². The van der Waals surface area contributed by atoms with Gasteiger partial charge in [-0.3, -0.25) is 0 Å². The Kier molecular flexibility index (Phi) is 2.74. The van der Waals surface area contributed by atoms with Crippen LogP contribution in [0.15, 0.2) is 40.8 Å². The van der Waals surface area contributed by atoms with Gasteiger partial charge in [0.2, 0.25) is 5.89 Å². The summed E-state index contributed by atoms with van der Waals surface area (Å²) in [4.78, 5) is 4.50. The Labute approximate surface area is 104 Å². The fourth-order valence-electron chi connectivity index (χ4n) is 1.76. The number of rotatable bonds is 3. The quantitative estimate of drug-likeness (QED) is 0.758. The first-order valence-electron chi connectivity index (χ1n) is 5.70. The van der Waals surface area contributed by atoms with Crippen molar-refractivity contribution < 1.29 is 4.42 Å². The average Bonchev–Trinajstić information content (AvgIpc) is 2.87. The van der Waals surface area contributed by atoms with Crippen molar-refractivity contribution in [3.8, 4) is 11.6 Å². The van der Waals surface area contributed by atoms with Crippen LogP contribution < -0.4 is 5.32 Å². The molecule has 2 aromatic heterocycles. The molecule has 1 aromatic carbocycles. The third-order valence-corrected chi connectivity index (χ3v) is 2.61. The lowest BCUT2D eigenvalue weighted by molar-refractivity contribution is 0.489. The first-order chi connectivity index (χ1) is 8.86. The maximum atomic E-state index is 5.51. The molecular weight excluding hydrogens is 228 g/mol. The molecule has 90 valence electrons. The van der Waals surface area contributed by atoms with Gasteiger partial charge in [-0.1, -0.05) is 24.3 Å². The van der Waals surface area contributed by atoms with Crippen LogP contribution in [0.5, 0.6) is 0 Å². The molecule has 0 radical (unpaired) electrons. The molecule has 0 spiro atoms. The second kappa shape index (κ2) is 4.54. The molecule has 0 amide bonds. The van der Waals surface area contributed by atoms with Crippen molar-refractivity contribution in [2.45, 2.75) is 6.54 Å². The molecule has 5 heteroatoms. The largest absolute Gasteiger partial charge is 0.418 e. The van der Waals surface area contributed by atoms with Gasteiger partial charge in [0, 0.05) is 5.39 Å². The van der Waals surface area contributed by atoms with Gasteiger partial charge >= 0.3 is 0 Å². The van der Waals surface area contributed by atoms with E-state index in [-0.39, 0.29) is 0 Å². The summed E-state index contributed by atoms with van der Waals surface area (Å²) in [6.07, 6.45) is 0. The van der Waals surface area contributed by atoms with Gasteiger partial charge in [0.1, 0.15) is 5.69 Å². The number of para-hydroxylation sites is 1. The molecule has 3 rings (SSSR count). The summed E-state index contributed by atoms with van der Waals surface area (Å²) in [7, 11) is 1.83. The zero-order valence-corrected chi connectivity index (χ0v) is 9.92. The van der Waals surface area contributed by atoms with E-state index in [4.69, 9.17) is 4.42 Å². The van der Waals surface area contributed by atoms with Crippen LogP contribution >= 0.6 is 0 Å². The van der Waals surface area contributed by atoms with Crippen LogP contribution in [0.4, 0.5) is 0 Å².